The number of rotatable bonds is 7. The molecule has 0 saturated carbocycles. The van der Waals surface area contributed by atoms with Crippen LogP contribution in [-0.2, 0) is 19.5 Å². The molecule has 0 bridgehead atoms. The summed E-state index contributed by atoms with van der Waals surface area (Å²) in [4.78, 5) is 21.7. The molecular weight excluding hydrogens is 510 g/mol. The summed E-state index contributed by atoms with van der Waals surface area (Å²) in [7, 11) is 0. The van der Waals surface area contributed by atoms with Crippen molar-refractivity contribution < 1.29 is 18.3 Å². The number of benzene rings is 1. The molecule has 0 aliphatic heterocycles. The van der Waals surface area contributed by atoms with Crippen molar-refractivity contribution in [2.45, 2.75) is 38.7 Å². The number of aromatic nitrogens is 7. The summed E-state index contributed by atoms with van der Waals surface area (Å²) in [5, 5.41) is 18.9. The molecule has 4 rings (SSSR count). The second-order valence-corrected chi connectivity index (χ2v) is 8.30. The minimum Gasteiger partial charge on any atom is -0.382 e. The molecule has 1 aromatic carbocycles. The van der Waals surface area contributed by atoms with E-state index in [1.807, 2.05) is 6.92 Å². The molecule has 3 heterocycles. The third-order valence-corrected chi connectivity index (χ3v) is 5.57. The highest BCUT2D eigenvalue weighted by atomic mass is 35.5. The van der Waals surface area contributed by atoms with Crippen LogP contribution in [0.3, 0.4) is 0 Å². The normalized spacial score (nSPS) is 12.8. The minimum atomic E-state index is -4.92. The number of pyridine rings is 1. The number of halogens is 5. The van der Waals surface area contributed by atoms with Gasteiger partial charge < -0.3 is 5.11 Å². The summed E-state index contributed by atoms with van der Waals surface area (Å²) in [6.45, 7) is 0.574. The molecule has 0 saturated heterocycles. The van der Waals surface area contributed by atoms with Crippen molar-refractivity contribution in [3.8, 4) is 17.2 Å². The molecule has 14 heteroatoms. The molecule has 1 N–H and O–H groups in total. The van der Waals surface area contributed by atoms with E-state index in [2.05, 4.69) is 20.2 Å². The van der Waals surface area contributed by atoms with Crippen LogP contribution in [0.1, 0.15) is 18.6 Å². The Hall–Kier alpha value is -3.22. The summed E-state index contributed by atoms with van der Waals surface area (Å²) in [5.41, 5.74) is -0.531. The third kappa shape index (κ3) is 5.24. The van der Waals surface area contributed by atoms with Crippen LogP contribution in [0.15, 0.2) is 47.4 Å². The molecule has 0 aliphatic carbocycles. The van der Waals surface area contributed by atoms with Crippen LogP contribution < -0.4 is 5.69 Å². The van der Waals surface area contributed by atoms with E-state index in [-0.39, 0.29) is 18.2 Å². The van der Waals surface area contributed by atoms with E-state index in [9.17, 15) is 23.1 Å². The Morgan fingerprint density at radius 1 is 1.11 bits per heavy atom. The number of hydrogen-bond donors (Lipinski definition) is 1. The molecule has 0 radical (unpaired) electrons. The molecule has 0 aliphatic rings. The molecule has 0 fully saturated rings. The number of aliphatic hydroxyl groups excluding tert-OH is 1. The summed E-state index contributed by atoms with van der Waals surface area (Å²) < 4.78 is 42.2. The van der Waals surface area contributed by atoms with Gasteiger partial charge in [0.25, 0.3) is 0 Å². The highest BCUT2D eigenvalue weighted by Gasteiger charge is 2.39. The van der Waals surface area contributed by atoms with Gasteiger partial charge in [-0.05, 0) is 36.4 Å². The van der Waals surface area contributed by atoms with Gasteiger partial charge in [-0.15, -0.1) is 10.2 Å². The average Bonchev–Trinajstić information content (AvgIpc) is 3.35. The molecule has 184 valence electrons. The summed E-state index contributed by atoms with van der Waals surface area (Å²) in [5.74, 6) is 0.962. The molecule has 1 unspecified atom stereocenters. The number of aryl methyl sites for hydroxylation is 1. The predicted octanol–water partition coefficient (Wildman–Crippen LogP) is 3.53. The molecule has 1 atom stereocenters. The first kappa shape index (κ1) is 24.9. The first-order valence-corrected chi connectivity index (χ1v) is 11.1. The van der Waals surface area contributed by atoms with E-state index >= 15 is 0 Å². The van der Waals surface area contributed by atoms with Gasteiger partial charge in [-0.2, -0.15) is 17.9 Å². The van der Waals surface area contributed by atoms with Crippen LogP contribution >= 0.6 is 23.2 Å². The van der Waals surface area contributed by atoms with Crippen LogP contribution in [0.5, 0.6) is 0 Å². The molecule has 9 nitrogen and oxygen atoms in total. The number of alkyl halides is 3. The lowest BCUT2D eigenvalue weighted by Gasteiger charge is -2.15. The van der Waals surface area contributed by atoms with Gasteiger partial charge in [0.05, 0.1) is 11.6 Å². The van der Waals surface area contributed by atoms with E-state index in [0.717, 1.165) is 9.25 Å². The fourth-order valence-corrected chi connectivity index (χ4v) is 3.65. The minimum absolute atomic E-state index is 0.0714. The van der Waals surface area contributed by atoms with Crippen LogP contribution in [0.25, 0.3) is 17.2 Å². The lowest BCUT2D eigenvalue weighted by Crippen LogP contribution is -2.37. The van der Waals surface area contributed by atoms with E-state index in [0.29, 0.717) is 33.7 Å². The fraction of sp³-hybridized carbons (Fsp3) is 0.286. The zero-order chi connectivity index (χ0) is 25.3. The van der Waals surface area contributed by atoms with E-state index in [1.54, 1.807) is 18.3 Å². The molecular formula is C21H18Cl2F3N7O2. The Balaban J connectivity index is 1.76. The van der Waals surface area contributed by atoms with E-state index in [1.165, 1.54) is 28.9 Å². The standard InChI is InChI=1S/C21H18Cl2F3N7O2/c1-2-17-28-16(29-33(17)19-14(23)4-3-9-27-19)11-32-20(35)31(10-15(34)21(24,25)26)18(30-32)12-5-7-13(22)8-6-12/h3-9,15,34H,2,10-11H2,1H3. The largest absolute Gasteiger partial charge is 0.416 e. The molecule has 0 amide bonds. The predicted molar refractivity (Wildman–Crippen MR) is 122 cm³/mol. The van der Waals surface area contributed by atoms with Crippen molar-refractivity contribution in [2.75, 3.05) is 0 Å². The van der Waals surface area contributed by atoms with E-state index in [4.69, 9.17) is 23.2 Å². The lowest BCUT2D eigenvalue weighted by atomic mass is 10.2. The molecule has 3 aromatic heterocycles. The van der Waals surface area contributed by atoms with Gasteiger partial charge in [-0.25, -0.2) is 19.4 Å². The maximum Gasteiger partial charge on any atom is 0.416 e. The quantitative estimate of drug-likeness (QED) is 0.394. The van der Waals surface area contributed by atoms with Crippen molar-refractivity contribution in [3.05, 3.63) is 74.8 Å². The second kappa shape index (κ2) is 9.80. The number of aliphatic hydroxyl groups is 1. The fourth-order valence-electron chi connectivity index (χ4n) is 3.32. The number of hydrogen-bond acceptors (Lipinski definition) is 6. The van der Waals surface area contributed by atoms with Crippen LogP contribution in [0.2, 0.25) is 10.0 Å². The van der Waals surface area contributed by atoms with Crippen molar-refractivity contribution in [1.82, 2.24) is 34.1 Å². The summed E-state index contributed by atoms with van der Waals surface area (Å²) in [6, 6.07) is 9.35. The first-order chi connectivity index (χ1) is 16.6. The Labute approximate surface area is 206 Å². The van der Waals surface area contributed by atoms with Crippen molar-refractivity contribution in [1.29, 1.82) is 0 Å². The van der Waals surface area contributed by atoms with Gasteiger partial charge in [-0.1, -0.05) is 30.1 Å². The van der Waals surface area contributed by atoms with E-state index < -0.39 is 24.5 Å². The van der Waals surface area contributed by atoms with Gasteiger partial charge in [0.1, 0.15) is 12.4 Å². The maximum absolute atomic E-state index is 13.0. The Morgan fingerprint density at radius 2 is 1.83 bits per heavy atom. The highest BCUT2D eigenvalue weighted by Crippen LogP contribution is 2.24. The topological polar surface area (TPSA) is 104 Å². The summed E-state index contributed by atoms with van der Waals surface area (Å²) in [6.07, 6.45) is -5.67. The van der Waals surface area contributed by atoms with Gasteiger partial charge >= 0.3 is 11.9 Å². The second-order valence-electron chi connectivity index (χ2n) is 7.46. The SMILES string of the molecule is CCc1nc(Cn2nc(-c3ccc(Cl)cc3)n(CC(O)C(F)(F)F)c2=O)nn1-c1ncccc1Cl. The van der Waals surface area contributed by atoms with Gasteiger partial charge in [0, 0.05) is 23.2 Å². The molecule has 35 heavy (non-hydrogen) atoms. The van der Waals surface area contributed by atoms with Crippen molar-refractivity contribution in [2.24, 2.45) is 0 Å². The summed E-state index contributed by atoms with van der Waals surface area (Å²) >= 11 is 12.1. The van der Waals surface area contributed by atoms with Crippen molar-refractivity contribution >= 4 is 23.2 Å². The van der Waals surface area contributed by atoms with Crippen LogP contribution in [0, 0.1) is 0 Å². The van der Waals surface area contributed by atoms with Gasteiger partial charge in [0.15, 0.2) is 23.6 Å². The smallest absolute Gasteiger partial charge is 0.382 e. The Kier molecular flexibility index (Phi) is 6.97. The zero-order valence-electron chi connectivity index (χ0n) is 18.1. The van der Waals surface area contributed by atoms with Gasteiger partial charge in [-0.3, -0.25) is 4.57 Å². The maximum atomic E-state index is 13.0. The number of nitrogens with zero attached hydrogens (tertiary/aromatic N) is 7. The Morgan fingerprint density at radius 3 is 2.46 bits per heavy atom. The first-order valence-electron chi connectivity index (χ1n) is 10.3. The monoisotopic (exact) mass is 527 g/mol. The van der Waals surface area contributed by atoms with Gasteiger partial charge in [0.2, 0.25) is 0 Å². The zero-order valence-corrected chi connectivity index (χ0v) is 19.6. The van der Waals surface area contributed by atoms with Crippen molar-refractivity contribution in [3.63, 3.8) is 0 Å². The third-order valence-electron chi connectivity index (χ3n) is 5.02. The average molecular weight is 528 g/mol. The molecule has 4 aromatic rings. The lowest BCUT2D eigenvalue weighted by molar-refractivity contribution is -0.207. The van der Waals surface area contributed by atoms with Crippen LogP contribution in [0.4, 0.5) is 13.2 Å². The Bertz CT molecular complexity index is 1400. The highest BCUT2D eigenvalue weighted by molar-refractivity contribution is 6.32. The molecule has 0 spiro atoms. The van der Waals surface area contributed by atoms with Crippen LogP contribution in [-0.4, -0.2) is 51.5 Å².